The molecule has 70 heavy (non-hydrogen) atoms. The summed E-state index contributed by atoms with van der Waals surface area (Å²) in [5.41, 5.74) is 3.95. The van der Waals surface area contributed by atoms with E-state index in [0.717, 1.165) is 82.1 Å². The Bertz CT molecular complexity index is 2810. The second-order valence-electron chi connectivity index (χ2n) is 22.4. The molecular formula is C54H70N8O7S. The van der Waals surface area contributed by atoms with Crippen LogP contribution in [0.1, 0.15) is 126 Å². The molecule has 16 heteroatoms. The number of piperidine rings is 1. The number of sulfonamides is 1. The van der Waals surface area contributed by atoms with E-state index < -0.39 is 37.0 Å². The van der Waals surface area contributed by atoms with Crippen LogP contribution in [0.15, 0.2) is 90.1 Å². The molecule has 0 radical (unpaired) electrons. The number of piperazine rings is 1. The molecule has 15 nitrogen and oxygen atoms in total. The maximum Gasteiger partial charge on any atom is 0.293 e. The van der Waals surface area contributed by atoms with Crippen LogP contribution in [0.4, 0.5) is 17.1 Å². The fourth-order valence-corrected chi connectivity index (χ4v) is 12.6. The summed E-state index contributed by atoms with van der Waals surface area (Å²) in [6.45, 7) is 19.8. The molecule has 4 N–H and O–H groups in total. The molecule has 374 valence electrons. The van der Waals surface area contributed by atoms with Gasteiger partial charge in [0.25, 0.3) is 21.6 Å². The molecule has 1 unspecified atom stereocenters. The molecule has 4 fully saturated rings. The van der Waals surface area contributed by atoms with Crippen molar-refractivity contribution >= 4 is 44.0 Å². The number of nitro groups is 1. The largest absolute Gasteiger partial charge is 0.455 e. The number of anilines is 2. The van der Waals surface area contributed by atoms with E-state index in [0.29, 0.717) is 48.8 Å². The summed E-state index contributed by atoms with van der Waals surface area (Å²) in [5.74, 6) is 0.229. The summed E-state index contributed by atoms with van der Waals surface area (Å²) in [6, 6.07) is 22.4. The van der Waals surface area contributed by atoms with Crippen molar-refractivity contribution in [2.75, 3.05) is 56.0 Å². The second kappa shape index (κ2) is 19.6. The Balaban J connectivity index is 0.898. The molecule has 1 amide bonds. The van der Waals surface area contributed by atoms with E-state index in [4.69, 9.17) is 4.74 Å². The lowest BCUT2D eigenvalue weighted by Gasteiger charge is -2.58. The summed E-state index contributed by atoms with van der Waals surface area (Å²) in [4.78, 5) is 40.6. The average Bonchev–Trinajstić information content (AvgIpc) is 3.78. The van der Waals surface area contributed by atoms with Crippen LogP contribution in [-0.4, -0.2) is 102 Å². The standard InChI is InChI=1S/C54H70N8O7S/c1-36(2)43-9-7-8-10-44(43)48-34-59(35-52(3,4)5)25-26-61(48)40-30-54(31-40)20-23-60(24-21-54)39-11-13-45(49(28-39)69-41-27-38-17-22-55-50(38)57-33-41)51(63)58-70(67,68)42-12-14-46(47(29-42)62(65)66)56-32-37-15-18-53(6,64)19-16-37/h7-14,17,22,27-29,33,36-37,40,48,56,64H,15-16,18-21,23-26,30-32,34-35H2,1-6H3,(H,55,57)(H,58,63)/t37-,48?,53-. The Morgan fingerprint density at radius 1 is 0.986 bits per heavy atom. The normalized spacial score (nSPS) is 22.5. The Labute approximate surface area is 412 Å². The van der Waals surface area contributed by atoms with Crippen molar-refractivity contribution in [3.63, 3.8) is 0 Å². The van der Waals surface area contributed by atoms with Gasteiger partial charge in [-0.15, -0.1) is 0 Å². The van der Waals surface area contributed by atoms with Crippen molar-refractivity contribution < 1.29 is 28.0 Å². The zero-order valence-corrected chi connectivity index (χ0v) is 42.4. The highest BCUT2D eigenvalue weighted by atomic mass is 32.2. The number of carbonyl (C=O) groups excluding carboxylic acids is 1. The third-order valence-corrected chi connectivity index (χ3v) is 16.8. The predicted octanol–water partition coefficient (Wildman–Crippen LogP) is 10.0. The summed E-state index contributed by atoms with van der Waals surface area (Å²) in [7, 11) is -4.58. The molecule has 5 aromatic rings. The third kappa shape index (κ3) is 11.0. The maximum atomic E-state index is 14.1. The van der Waals surface area contributed by atoms with Gasteiger partial charge in [0.2, 0.25) is 0 Å². The lowest BCUT2D eigenvalue weighted by atomic mass is 9.59. The summed E-state index contributed by atoms with van der Waals surface area (Å²) >= 11 is 0. The maximum absolute atomic E-state index is 14.1. The molecule has 2 aliphatic heterocycles. The van der Waals surface area contributed by atoms with Gasteiger partial charge in [-0.25, -0.2) is 18.1 Å². The number of hydrogen-bond acceptors (Lipinski definition) is 12. The van der Waals surface area contributed by atoms with E-state index in [1.165, 1.54) is 36.1 Å². The summed E-state index contributed by atoms with van der Waals surface area (Å²) < 4.78 is 36.2. The van der Waals surface area contributed by atoms with Crippen molar-refractivity contribution in [3.8, 4) is 11.5 Å². The minimum Gasteiger partial charge on any atom is -0.455 e. The highest BCUT2D eigenvalue weighted by Gasteiger charge is 2.50. The first-order valence-corrected chi connectivity index (χ1v) is 26.6. The molecule has 1 atom stereocenters. The van der Waals surface area contributed by atoms with Gasteiger partial charge in [0.1, 0.15) is 22.8 Å². The fourth-order valence-electron chi connectivity index (χ4n) is 11.6. The summed E-state index contributed by atoms with van der Waals surface area (Å²) in [5, 5.41) is 26.5. The van der Waals surface area contributed by atoms with Gasteiger partial charge in [0.05, 0.1) is 27.2 Å². The quantitative estimate of drug-likeness (QED) is 0.0611. The van der Waals surface area contributed by atoms with Crippen molar-refractivity contribution in [1.82, 2.24) is 24.5 Å². The number of fused-ring (bicyclic) bond motifs is 1. The van der Waals surface area contributed by atoms with Gasteiger partial charge in [-0.05, 0) is 128 Å². The minimum absolute atomic E-state index is 0.0211. The average molecular weight is 975 g/mol. The van der Waals surface area contributed by atoms with E-state index in [1.807, 2.05) is 19.1 Å². The van der Waals surface area contributed by atoms with Gasteiger partial charge in [-0.1, -0.05) is 58.9 Å². The first-order valence-electron chi connectivity index (χ1n) is 25.1. The first-order chi connectivity index (χ1) is 33.2. The number of aliphatic hydroxyl groups is 1. The molecule has 2 aromatic heterocycles. The number of nitrogens with zero attached hydrogens (tertiary/aromatic N) is 5. The Kier molecular flexibility index (Phi) is 13.8. The molecule has 1 spiro atoms. The van der Waals surface area contributed by atoms with Crippen LogP contribution in [0.25, 0.3) is 11.0 Å². The summed E-state index contributed by atoms with van der Waals surface area (Å²) in [6.07, 6.45) is 10.5. The van der Waals surface area contributed by atoms with Crippen molar-refractivity contribution in [2.45, 2.75) is 121 Å². The zero-order chi connectivity index (χ0) is 49.6. The van der Waals surface area contributed by atoms with Gasteiger partial charge >= 0.3 is 0 Å². The van der Waals surface area contributed by atoms with Crippen molar-refractivity contribution in [2.24, 2.45) is 16.7 Å². The number of aromatic amines is 1. The molecule has 0 bridgehead atoms. The zero-order valence-electron chi connectivity index (χ0n) is 41.5. The number of ether oxygens (including phenoxy) is 1. The highest BCUT2D eigenvalue weighted by Crippen LogP contribution is 2.53. The van der Waals surface area contributed by atoms with E-state index in [-0.39, 0.29) is 33.7 Å². The van der Waals surface area contributed by atoms with Crippen molar-refractivity contribution in [1.29, 1.82) is 0 Å². The van der Waals surface area contributed by atoms with Crippen LogP contribution in [0.2, 0.25) is 0 Å². The van der Waals surface area contributed by atoms with Crippen LogP contribution in [0.3, 0.4) is 0 Å². The third-order valence-electron chi connectivity index (χ3n) is 15.5. The number of rotatable bonds is 14. The fraction of sp³-hybridized carbons (Fsp3) is 0.519. The number of pyridine rings is 1. The lowest BCUT2D eigenvalue weighted by molar-refractivity contribution is -0.384. The monoisotopic (exact) mass is 975 g/mol. The van der Waals surface area contributed by atoms with Crippen LogP contribution in [0, 0.1) is 26.9 Å². The SMILES string of the molecule is CC(C)c1ccccc1C1CN(CC(C)(C)C)CCN1C1CC2(CCN(c3ccc(C(=O)NS(=O)(=O)c4ccc(NC[C@H]5CC[C@](C)(O)CC5)c([N+](=O)[O-])c4)c(Oc4cnc5[nH]ccc5c4)c3)CC2)C1. The van der Waals surface area contributed by atoms with Crippen LogP contribution >= 0.6 is 0 Å². The highest BCUT2D eigenvalue weighted by molar-refractivity contribution is 7.90. The molecule has 2 aliphatic carbocycles. The Hall–Kier alpha value is -5.55. The first kappa shape index (κ1) is 49.4. The number of carbonyl (C=O) groups is 1. The second-order valence-corrected chi connectivity index (χ2v) is 24.1. The molecule has 4 heterocycles. The van der Waals surface area contributed by atoms with Crippen LogP contribution in [0.5, 0.6) is 11.5 Å². The van der Waals surface area contributed by atoms with Gasteiger partial charge in [0, 0.05) is 87.3 Å². The predicted molar refractivity (Wildman–Crippen MR) is 274 cm³/mol. The number of H-pyrrole nitrogens is 1. The topological polar surface area (TPSA) is 186 Å². The molecule has 9 rings (SSSR count). The minimum atomic E-state index is -4.58. The van der Waals surface area contributed by atoms with E-state index >= 15 is 0 Å². The Morgan fingerprint density at radius 2 is 1.73 bits per heavy atom. The molecular weight excluding hydrogens is 905 g/mol. The molecule has 2 saturated carbocycles. The smallest absolute Gasteiger partial charge is 0.293 e. The molecule has 4 aliphatic rings. The number of hydrogen-bond donors (Lipinski definition) is 4. The Morgan fingerprint density at radius 3 is 2.44 bits per heavy atom. The number of benzene rings is 3. The number of nitro benzene ring substituents is 1. The molecule has 2 saturated heterocycles. The van der Waals surface area contributed by atoms with Gasteiger partial charge in [-0.3, -0.25) is 24.7 Å². The van der Waals surface area contributed by atoms with Gasteiger partial charge in [0.15, 0.2) is 0 Å². The number of amides is 1. The lowest BCUT2D eigenvalue weighted by Crippen LogP contribution is -2.60. The van der Waals surface area contributed by atoms with Crippen molar-refractivity contribution in [3.05, 3.63) is 112 Å². The van der Waals surface area contributed by atoms with Crippen LogP contribution in [-0.2, 0) is 10.0 Å². The van der Waals surface area contributed by atoms with E-state index in [2.05, 4.69) is 93.6 Å². The van der Waals surface area contributed by atoms with Crippen LogP contribution < -0.4 is 19.7 Å². The van der Waals surface area contributed by atoms with E-state index in [1.54, 1.807) is 30.6 Å². The number of nitrogens with one attached hydrogen (secondary N) is 3. The molecule has 3 aromatic carbocycles. The van der Waals surface area contributed by atoms with Gasteiger partial charge < -0.3 is 25.0 Å². The van der Waals surface area contributed by atoms with E-state index in [9.17, 15) is 28.4 Å². The van der Waals surface area contributed by atoms with Gasteiger partial charge in [-0.2, -0.15) is 0 Å². The number of aromatic nitrogens is 2.